The van der Waals surface area contributed by atoms with Crippen molar-refractivity contribution in [2.24, 2.45) is 5.92 Å². The second kappa shape index (κ2) is 7.78. The molecule has 0 bridgehead atoms. The summed E-state index contributed by atoms with van der Waals surface area (Å²) in [6.07, 6.45) is 0.731. The molecule has 4 heteroatoms. The lowest BCUT2D eigenvalue weighted by molar-refractivity contribution is -0.00443. The molecule has 0 spiro atoms. The number of anilines is 1. The fraction of sp³-hybridized carbons (Fsp3) is 0.529. The molecule has 3 nitrogen and oxygen atoms in total. The van der Waals surface area contributed by atoms with E-state index in [1.165, 1.54) is 10.1 Å². The number of nitrogens with one attached hydrogen (secondary N) is 1. The Morgan fingerprint density at radius 3 is 2.81 bits per heavy atom. The molecule has 0 saturated carbocycles. The Kier molecular flexibility index (Phi) is 6.03. The molecule has 116 valence electrons. The van der Waals surface area contributed by atoms with Gasteiger partial charge in [0.1, 0.15) is 0 Å². The third-order valence-electron chi connectivity index (χ3n) is 3.37. The van der Waals surface area contributed by atoms with Gasteiger partial charge in [0.05, 0.1) is 18.8 Å². The van der Waals surface area contributed by atoms with Crippen LogP contribution in [0.25, 0.3) is 10.1 Å². The minimum atomic E-state index is -0.488. The fourth-order valence-electron chi connectivity index (χ4n) is 2.38. The van der Waals surface area contributed by atoms with E-state index in [2.05, 4.69) is 49.7 Å². The lowest BCUT2D eigenvalue weighted by Crippen LogP contribution is -2.27. The average Bonchev–Trinajstić information content (AvgIpc) is 2.89. The fourth-order valence-corrected chi connectivity index (χ4v) is 3.15. The monoisotopic (exact) mass is 307 g/mol. The second-order valence-corrected chi connectivity index (χ2v) is 6.93. The molecule has 1 aromatic carbocycles. The summed E-state index contributed by atoms with van der Waals surface area (Å²) in [5.74, 6) is 0.618. The van der Waals surface area contributed by atoms with E-state index < -0.39 is 6.10 Å². The Hall–Kier alpha value is -1.10. The van der Waals surface area contributed by atoms with E-state index in [0.29, 0.717) is 19.1 Å². The average molecular weight is 307 g/mol. The van der Waals surface area contributed by atoms with Gasteiger partial charge in [-0.2, -0.15) is 0 Å². The minimum absolute atomic E-state index is 0.196. The Balaban J connectivity index is 1.74. The molecule has 0 aliphatic heterocycles. The Morgan fingerprint density at radius 1 is 1.24 bits per heavy atom. The van der Waals surface area contributed by atoms with E-state index in [9.17, 15) is 5.11 Å². The van der Waals surface area contributed by atoms with Crippen molar-refractivity contribution < 1.29 is 9.84 Å². The molecule has 0 aliphatic carbocycles. The number of ether oxygens (including phenoxy) is 1. The first-order valence-electron chi connectivity index (χ1n) is 7.55. The van der Waals surface area contributed by atoms with Crippen molar-refractivity contribution in [3.05, 3.63) is 29.6 Å². The van der Waals surface area contributed by atoms with Gasteiger partial charge in [0.25, 0.3) is 0 Å². The topological polar surface area (TPSA) is 41.5 Å². The molecular formula is C17H25NO2S. The summed E-state index contributed by atoms with van der Waals surface area (Å²) >= 11 is 1.74. The predicted molar refractivity (Wildman–Crippen MR) is 91.2 cm³/mol. The van der Waals surface area contributed by atoms with Gasteiger partial charge < -0.3 is 15.2 Å². The number of aliphatic hydroxyl groups excluding tert-OH is 1. The van der Waals surface area contributed by atoms with Crippen LogP contribution in [0.4, 0.5) is 5.69 Å². The van der Waals surface area contributed by atoms with E-state index in [-0.39, 0.29) is 6.10 Å². The van der Waals surface area contributed by atoms with Crippen LogP contribution in [0, 0.1) is 5.92 Å². The highest BCUT2D eigenvalue weighted by Gasteiger charge is 2.09. The van der Waals surface area contributed by atoms with Gasteiger partial charge in [-0.1, -0.05) is 13.8 Å². The zero-order valence-corrected chi connectivity index (χ0v) is 13.8. The first-order valence-corrected chi connectivity index (χ1v) is 8.43. The second-order valence-electron chi connectivity index (χ2n) is 5.98. The third-order valence-corrected chi connectivity index (χ3v) is 4.27. The van der Waals surface area contributed by atoms with Crippen LogP contribution >= 0.6 is 11.3 Å². The quantitative estimate of drug-likeness (QED) is 0.770. The standard InChI is InChI=1S/C17H25NO2S/c1-12(2)8-13(3)20-11-16(19)10-18-15-4-5-17-14(9-15)6-7-21-17/h4-7,9,12-13,16,18-19H,8,10-11H2,1-3H3. The predicted octanol–water partition coefficient (Wildman–Crippen LogP) is 4.13. The summed E-state index contributed by atoms with van der Waals surface area (Å²) in [6.45, 7) is 7.30. The molecule has 2 rings (SSSR count). The summed E-state index contributed by atoms with van der Waals surface area (Å²) in [5, 5.41) is 16.6. The van der Waals surface area contributed by atoms with Crippen LogP contribution in [0.1, 0.15) is 27.2 Å². The molecule has 0 fully saturated rings. The summed E-state index contributed by atoms with van der Waals surface area (Å²) in [5.41, 5.74) is 1.04. The smallest absolute Gasteiger partial charge is 0.0945 e. The van der Waals surface area contributed by atoms with Crippen LogP contribution in [0.15, 0.2) is 29.6 Å². The van der Waals surface area contributed by atoms with Gasteiger partial charge in [0.15, 0.2) is 0 Å². The van der Waals surface area contributed by atoms with Crippen LogP contribution in [0.2, 0.25) is 0 Å². The summed E-state index contributed by atoms with van der Waals surface area (Å²) in [7, 11) is 0. The van der Waals surface area contributed by atoms with Crippen molar-refractivity contribution in [1.29, 1.82) is 0 Å². The van der Waals surface area contributed by atoms with Crippen LogP contribution in [0.3, 0.4) is 0 Å². The highest BCUT2D eigenvalue weighted by Crippen LogP contribution is 2.23. The highest BCUT2D eigenvalue weighted by atomic mass is 32.1. The molecule has 2 unspecified atom stereocenters. The maximum atomic E-state index is 9.98. The van der Waals surface area contributed by atoms with E-state index in [0.717, 1.165) is 12.1 Å². The molecular weight excluding hydrogens is 282 g/mol. The number of hydrogen-bond donors (Lipinski definition) is 2. The lowest BCUT2D eigenvalue weighted by atomic mass is 10.1. The third kappa shape index (κ3) is 5.30. The Bertz CT molecular complexity index is 552. The number of thiophene rings is 1. The van der Waals surface area contributed by atoms with Crippen molar-refractivity contribution in [1.82, 2.24) is 0 Å². The first kappa shape index (κ1) is 16.3. The van der Waals surface area contributed by atoms with E-state index >= 15 is 0 Å². The largest absolute Gasteiger partial charge is 0.389 e. The van der Waals surface area contributed by atoms with Gasteiger partial charge in [0.2, 0.25) is 0 Å². The van der Waals surface area contributed by atoms with E-state index in [1.54, 1.807) is 11.3 Å². The van der Waals surface area contributed by atoms with Gasteiger partial charge in [-0.15, -0.1) is 11.3 Å². The molecule has 0 amide bonds. The van der Waals surface area contributed by atoms with Crippen LogP contribution in [-0.2, 0) is 4.74 Å². The van der Waals surface area contributed by atoms with Crippen molar-refractivity contribution in [3.63, 3.8) is 0 Å². The first-order chi connectivity index (χ1) is 10.0. The minimum Gasteiger partial charge on any atom is -0.389 e. The summed E-state index contributed by atoms with van der Waals surface area (Å²) < 4.78 is 6.96. The van der Waals surface area contributed by atoms with Crippen molar-refractivity contribution in [3.8, 4) is 0 Å². The Labute approximate surface area is 130 Å². The molecule has 2 aromatic rings. The maximum absolute atomic E-state index is 9.98. The molecule has 2 N–H and O–H groups in total. The van der Waals surface area contributed by atoms with Gasteiger partial charge in [0, 0.05) is 16.9 Å². The van der Waals surface area contributed by atoms with Crippen LogP contribution < -0.4 is 5.32 Å². The Morgan fingerprint density at radius 2 is 2.05 bits per heavy atom. The lowest BCUT2D eigenvalue weighted by Gasteiger charge is -2.18. The molecule has 1 heterocycles. The maximum Gasteiger partial charge on any atom is 0.0945 e. The number of hydrogen-bond acceptors (Lipinski definition) is 4. The molecule has 2 atom stereocenters. The zero-order chi connectivity index (χ0) is 15.2. The molecule has 21 heavy (non-hydrogen) atoms. The molecule has 0 saturated heterocycles. The highest BCUT2D eigenvalue weighted by molar-refractivity contribution is 7.17. The van der Waals surface area contributed by atoms with Gasteiger partial charge >= 0.3 is 0 Å². The zero-order valence-electron chi connectivity index (χ0n) is 13.0. The molecule has 0 aliphatic rings. The normalized spacial score (nSPS) is 14.5. The number of aliphatic hydroxyl groups is 1. The van der Waals surface area contributed by atoms with Crippen LogP contribution in [-0.4, -0.2) is 30.5 Å². The van der Waals surface area contributed by atoms with Gasteiger partial charge in [-0.3, -0.25) is 0 Å². The summed E-state index contributed by atoms with van der Waals surface area (Å²) in [4.78, 5) is 0. The van der Waals surface area contributed by atoms with Gasteiger partial charge in [-0.25, -0.2) is 0 Å². The SMILES string of the molecule is CC(C)CC(C)OCC(O)CNc1ccc2sccc2c1. The van der Waals surface area contributed by atoms with E-state index in [1.807, 2.05) is 6.07 Å². The summed E-state index contributed by atoms with van der Waals surface area (Å²) in [6, 6.07) is 8.38. The van der Waals surface area contributed by atoms with Crippen molar-refractivity contribution in [2.75, 3.05) is 18.5 Å². The number of benzene rings is 1. The van der Waals surface area contributed by atoms with Crippen LogP contribution in [0.5, 0.6) is 0 Å². The molecule has 0 radical (unpaired) electrons. The number of fused-ring (bicyclic) bond motifs is 1. The van der Waals surface area contributed by atoms with E-state index in [4.69, 9.17) is 4.74 Å². The molecule has 1 aromatic heterocycles. The number of rotatable bonds is 8. The van der Waals surface area contributed by atoms with Crippen molar-refractivity contribution >= 4 is 27.1 Å². The van der Waals surface area contributed by atoms with Gasteiger partial charge in [-0.05, 0) is 54.3 Å². The van der Waals surface area contributed by atoms with Crippen molar-refractivity contribution in [2.45, 2.75) is 39.4 Å².